The highest BCUT2D eigenvalue weighted by molar-refractivity contribution is 7.80. The van der Waals surface area contributed by atoms with Crippen molar-refractivity contribution in [3.05, 3.63) is 42.5 Å². The summed E-state index contributed by atoms with van der Waals surface area (Å²) in [6, 6.07) is 13.9. The molecule has 2 N–H and O–H groups in total. The largest absolute Gasteiger partial charge is 0.497 e. The van der Waals surface area contributed by atoms with Gasteiger partial charge in [-0.25, -0.2) is 0 Å². The van der Waals surface area contributed by atoms with Gasteiger partial charge in [0.15, 0.2) is 5.11 Å². The molecule has 3 rings (SSSR count). The van der Waals surface area contributed by atoms with E-state index in [1.54, 1.807) is 14.2 Å². The summed E-state index contributed by atoms with van der Waals surface area (Å²) >= 11 is 5.52. The fourth-order valence-electron chi connectivity index (χ4n) is 3.17. The lowest BCUT2D eigenvalue weighted by atomic mass is 10.1. The van der Waals surface area contributed by atoms with Crippen molar-refractivity contribution in [2.24, 2.45) is 0 Å². The number of rotatable bonds is 5. The molecule has 0 atom stereocenters. The van der Waals surface area contributed by atoms with Crippen molar-refractivity contribution in [2.45, 2.75) is 19.3 Å². The van der Waals surface area contributed by atoms with E-state index in [2.05, 4.69) is 33.7 Å². The van der Waals surface area contributed by atoms with Gasteiger partial charge in [0.05, 0.1) is 31.3 Å². The predicted octanol–water partition coefficient (Wildman–Crippen LogP) is 4.50. The molecule has 0 aliphatic carbocycles. The first-order chi connectivity index (χ1) is 12.7. The molecule has 6 heteroatoms. The van der Waals surface area contributed by atoms with Crippen LogP contribution >= 0.6 is 12.2 Å². The minimum absolute atomic E-state index is 0.526. The van der Waals surface area contributed by atoms with Gasteiger partial charge < -0.3 is 25.0 Å². The average molecular weight is 372 g/mol. The number of benzene rings is 2. The molecule has 0 amide bonds. The van der Waals surface area contributed by atoms with Crippen LogP contribution in [0.4, 0.5) is 17.1 Å². The number of anilines is 3. The number of piperidine rings is 1. The molecule has 0 unspecified atom stereocenters. The monoisotopic (exact) mass is 371 g/mol. The van der Waals surface area contributed by atoms with Crippen LogP contribution < -0.4 is 25.0 Å². The lowest BCUT2D eigenvalue weighted by Gasteiger charge is -2.30. The van der Waals surface area contributed by atoms with E-state index in [1.807, 2.05) is 24.3 Å². The van der Waals surface area contributed by atoms with Gasteiger partial charge in [-0.3, -0.25) is 0 Å². The molecule has 1 heterocycles. The van der Waals surface area contributed by atoms with Gasteiger partial charge in [0, 0.05) is 19.2 Å². The Hall–Kier alpha value is -2.47. The van der Waals surface area contributed by atoms with Crippen LogP contribution in [-0.4, -0.2) is 32.4 Å². The van der Waals surface area contributed by atoms with E-state index in [-0.39, 0.29) is 0 Å². The number of nitrogens with one attached hydrogen (secondary N) is 2. The van der Waals surface area contributed by atoms with Crippen LogP contribution in [0.3, 0.4) is 0 Å². The highest BCUT2D eigenvalue weighted by atomic mass is 32.1. The third kappa shape index (κ3) is 4.38. The maximum Gasteiger partial charge on any atom is 0.175 e. The first-order valence-electron chi connectivity index (χ1n) is 8.85. The number of para-hydroxylation sites is 2. The Labute approximate surface area is 160 Å². The molecule has 1 saturated heterocycles. The molecule has 0 spiro atoms. The zero-order valence-electron chi connectivity index (χ0n) is 15.2. The molecule has 1 aliphatic rings. The van der Waals surface area contributed by atoms with Crippen LogP contribution in [0.1, 0.15) is 19.3 Å². The Morgan fingerprint density at radius 1 is 0.923 bits per heavy atom. The van der Waals surface area contributed by atoms with Crippen molar-refractivity contribution in [3.8, 4) is 11.5 Å². The van der Waals surface area contributed by atoms with Crippen molar-refractivity contribution in [1.82, 2.24) is 0 Å². The van der Waals surface area contributed by atoms with E-state index in [1.165, 1.54) is 24.9 Å². The summed E-state index contributed by atoms with van der Waals surface area (Å²) < 4.78 is 10.7. The quantitative estimate of drug-likeness (QED) is 0.755. The van der Waals surface area contributed by atoms with Crippen molar-refractivity contribution in [1.29, 1.82) is 0 Å². The van der Waals surface area contributed by atoms with E-state index in [0.29, 0.717) is 10.9 Å². The molecule has 26 heavy (non-hydrogen) atoms. The summed E-state index contributed by atoms with van der Waals surface area (Å²) in [5, 5.41) is 7.07. The molecule has 1 fully saturated rings. The molecule has 2 aromatic rings. The Morgan fingerprint density at radius 3 is 2.38 bits per heavy atom. The number of ether oxygens (including phenoxy) is 2. The summed E-state index contributed by atoms with van der Waals surface area (Å²) in [4.78, 5) is 2.42. The minimum Gasteiger partial charge on any atom is -0.497 e. The molecular formula is C20H25N3O2S. The smallest absolute Gasteiger partial charge is 0.175 e. The molecule has 0 bridgehead atoms. The second-order valence-electron chi connectivity index (χ2n) is 6.21. The molecule has 1 aliphatic heterocycles. The summed E-state index contributed by atoms with van der Waals surface area (Å²) in [5.74, 6) is 1.42. The van der Waals surface area contributed by atoms with Crippen LogP contribution in [0.25, 0.3) is 0 Å². The average Bonchev–Trinajstić information content (AvgIpc) is 2.69. The van der Waals surface area contributed by atoms with Gasteiger partial charge in [0.25, 0.3) is 0 Å². The molecular weight excluding hydrogens is 346 g/mol. The van der Waals surface area contributed by atoms with Gasteiger partial charge in [-0.2, -0.15) is 0 Å². The van der Waals surface area contributed by atoms with Gasteiger partial charge >= 0.3 is 0 Å². The summed E-state index contributed by atoms with van der Waals surface area (Å²) in [6.45, 7) is 2.18. The van der Waals surface area contributed by atoms with Gasteiger partial charge in [-0.1, -0.05) is 12.1 Å². The van der Waals surface area contributed by atoms with Gasteiger partial charge in [-0.05, 0) is 55.7 Å². The fourth-order valence-corrected chi connectivity index (χ4v) is 3.39. The number of hydrogen-bond acceptors (Lipinski definition) is 4. The minimum atomic E-state index is 0.526. The van der Waals surface area contributed by atoms with E-state index in [9.17, 15) is 0 Å². The second-order valence-corrected chi connectivity index (χ2v) is 6.62. The Kier molecular flexibility index (Phi) is 6.17. The highest BCUT2D eigenvalue weighted by Crippen LogP contribution is 2.31. The molecule has 0 radical (unpaired) electrons. The summed E-state index contributed by atoms with van der Waals surface area (Å²) in [7, 11) is 3.26. The molecule has 2 aromatic carbocycles. The first kappa shape index (κ1) is 18.3. The first-order valence-corrected chi connectivity index (χ1v) is 9.26. The maximum atomic E-state index is 5.52. The normalized spacial score (nSPS) is 13.8. The van der Waals surface area contributed by atoms with Crippen molar-refractivity contribution < 1.29 is 9.47 Å². The lowest BCUT2D eigenvalue weighted by Crippen LogP contribution is -2.30. The predicted molar refractivity (Wildman–Crippen MR) is 112 cm³/mol. The van der Waals surface area contributed by atoms with E-state index >= 15 is 0 Å². The van der Waals surface area contributed by atoms with Crippen LogP contribution in [-0.2, 0) is 0 Å². The fraction of sp³-hybridized carbons (Fsp3) is 0.350. The van der Waals surface area contributed by atoms with Crippen LogP contribution in [0, 0.1) is 0 Å². The molecule has 138 valence electrons. The Bertz CT molecular complexity index is 760. The van der Waals surface area contributed by atoms with Crippen LogP contribution in [0.5, 0.6) is 11.5 Å². The maximum absolute atomic E-state index is 5.52. The molecule has 5 nitrogen and oxygen atoms in total. The summed E-state index contributed by atoms with van der Waals surface area (Å²) in [5.41, 5.74) is 3.00. The zero-order chi connectivity index (χ0) is 18.4. The summed E-state index contributed by atoms with van der Waals surface area (Å²) in [6.07, 6.45) is 3.78. The van der Waals surface area contributed by atoms with E-state index in [0.717, 1.165) is 30.2 Å². The second kappa shape index (κ2) is 8.76. The van der Waals surface area contributed by atoms with E-state index < -0.39 is 0 Å². The van der Waals surface area contributed by atoms with Crippen molar-refractivity contribution in [2.75, 3.05) is 42.8 Å². The zero-order valence-corrected chi connectivity index (χ0v) is 16.1. The highest BCUT2D eigenvalue weighted by Gasteiger charge is 2.15. The van der Waals surface area contributed by atoms with Gasteiger partial charge in [0.2, 0.25) is 0 Å². The number of hydrogen-bond donors (Lipinski definition) is 2. The third-order valence-corrected chi connectivity index (χ3v) is 4.71. The van der Waals surface area contributed by atoms with Crippen molar-refractivity contribution in [3.63, 3.8) is 0 Å². The number of methoxy groups -OCH3 is 2. The SMILES string of the molecule is COc1ccc(NC(=S)Nc2ccccc2N2CCCCC2)c(OC)c1. The number of nitrogens with zero attached hydrogens (tertiary/aromatic N) is 1. The van der Waals surface area contributed by atoms with Crippen LogP contribution in [0.2, 0.25) is 0 Å². The Morgan fingerprint density at radius 2 is 1.65 bits per heavy atom. The number of thiocarbonyl (C=S) groups is 1. The van der Waals surface area contributed by atoms with E-state index in [4.69, 9.17) is 21.7 Å². The Balaban J connectivity index is 1.73. The van der Waals surface area contributed by atoms with Crippen molar-refractivity contribution >= 4 is 34.4 Å². The topological polar surface area (TPSA) is 45.8 Å². The van der Waals surface area contributed by atoms with Gasteiger partial charge in [-0.15, -0.1) is 0 Å². The van der Waals surface area contributed by atoms with Crippen LogP contribution in [0.15, 0.2) is 42.5 Å². The molecule has 0 saturated carbocycles. The third-order valence-electron chi connectivity index (χ3n) is 4.51. The standard InChI is InChI=1S/C20H25N3O2S/c1-24-15-10-11-17(19(14-15)25-2)22-20(26)21-16-8-4-5-9-18(16)23-12-6-3-7-13-23/h4-5,8-11,14H,3,6-7,12-13H2,1-2H3,(H2,21,22,26). The van der Waals surface area contributed by atoms with Gasteiger partial charge in [0.1, 0.15) is 11.5 Å². The lowest BCUT2D eigenvalue weighted by molar-refractivity contribution is 0.395. The molecule has 0 aromatic heterocycles.